The van der Waals surface area contributed by atoms with Crippen LogP contribution in [0.25, 0.3) is 0 Å². The van der Waals surface area contributed by atoms with Gasteiger partial charge in [-0.15, -0.1) is 0 Å². The van der Waals surface area contributed by atoms with E-state index in [0.717, 1.165) is 18.4 Å². The highest BCUT2D eigenvalue weighted by Gasteiger charge is 2.63. The number of rotatable bonds is 2. The Hall–Kier alpha value is -1.62. The van der Waals surface area contributed by atoms with Crippen LogP contribution in [-0.4, -0.2) is 34.9 Å². The van der Waals surface area contributed by atoms with Gasteiger partial charge in [0.05, 0.1) is 11.5 Å². The summed E-state index contributed by atoms with van der Waals surface area (Å²) in [6.45, 7) is 11.5. The highest BCUT2D eigenvalue weighted by molar-refractivity contribution is 5.91. The third kappa shape index (κ3) is 3.03. The number of aliphatic hydroxyl groups is 1. The van der Waals surface area contributed by atoms with E-state index >= 15 is 0 Å². The van der Waals surface area contributed by atoms with Gasteiger partial charge in [0.2, 0.25) is 0 Å². The highest BCUT2D eigenvalue weighted by Crippen LogP contribution is 2.59. The standard InChI is InChI=1S/C20H28O5/c1-11(2)9-14(21)25-16-15-12(3)18(22)24-13(15)10-19(4)7-6-8-20(5,23)17(16)19/h9,13,15-17,23H,3,6-8,10H2,1-2,4-5H3. The zero-order chi connectivity index (χ0) is 18.6. The molecule has 6 unspecified atom stereocenters. The maximum atomic E-state index is 12.4. The molecule has 0 bridgehead atoms. The average molecular weight is 348 g/mol. The zero-order valence-corrected chi connectivity index (χ0v) is 15.5. The number of hydrogen-bond donors (Lipinski definition) is 1. The monoisotopic (exact) mass is 348 g/mol. The molecule has 3 rings (SSSR count). The number of carbonyl (C=O) groups excluding carboxylic acids is 2. The molecule has 25 heavy (non-hydrogen) atoms. The molecular weight excluding hydrogens is 320 g/mol. The molecule has 0 aromatic heterocycles. The fourth-order valence-corrected chi connectivity index (χ4v) is 5.33. The smallest absolute Gasteiger partial charge is 0.334 e. The van der Waals surface area contributed by atoms with Crippen LogP contribution in [0.5, 0.6) is 0 Å². The summed E-state index contributed by atoms with van der Waals surface area (Å²) in [5, 5.41) is 11.1. The van der Waals surface area contributed by atoms with Crippen LogP contribution in [0.4, 0.5) is 0 Å². The van der Waals surface area contributed by atoms with Gasteiger partial charge < -0.3 is 14.6 Å². The molecule has 3 aliphatic rings. The largest absolute Gasteiger partial charge is 0.458 e. The summed E-state index contributed by atoms with van der Waals surface area (Å²) in [5.74, 6) is -1.50. The first-order valence-corrected chi connectivity index (χ1v) is 9.03. The van der Waals surface area contributed by atoms with Crippen LogP contribution in [0.2, 0.25) is 0 Å². The molecule has 5 nitrogen and oxygen atoms in total. The van der Waals surface area contributed by atoms with Crippen LogP contribution < -0.4 is 0 Å². The maximum Gasteiger partial charge on any atom is 0.334 e. The predicted molar refractivity (Wildman–Crippen MR) is 92.5 cm³/mol. The molecule has 2 saturated carbocycles. The van der Waals surface area contributed by atoms with Gasteiger partial charge in [-0.1, -0.05) is 25.5 Å². The van der Waals surface area contributed by atoms with Crippen LogP contribution >= 0.6 is 0 Å². The summed E-state index contributed by atoms with van der Waals surface area (Å²) in [6, 6.07) is 0. The van der Waals surface area contributed by atoms with Gasteiger partial charge in [0.15, 0.2) is 0 Å². The van der Waals surface area contributed by atoms with Gasteiger partial charge in [-0.25, -0.2) is 9.59 Å². The highest BCUT2D eigenvalue weighted by atomic mass is 16.6. The molecule has 138 valence electrons. The van der Waals surface area contributed by atoms with E-state index in [1.54, 1.807) is 0 Å². The lowest BCUT2D eigenvalue weighted by Gasteiger charge is -2.57. The van der Waals surface area contributed by atoms with Crippen LogP contribution in [0.1, 0.15) is 53.4 Å². The molecule has 1 saturated heterocycles. The van der Waals surface area contributed by atoms with E-state index in [1.807, 2.05) is 20.8 Å². The van der Waals surface area contributed by atoms with Gasteiger partial charge in [0.1, 0.15) is 12.2 Å². The Bertz CT molecular complexity index is 642. The van der Waals surface area contributed by atoms with Crippen molar-refractivity contribution in [2.45, 2.75) is 71.2 Å². The Kier molecular flexibility index (Phi) is 4.34. The first kappa shape index (κ1) is 18.2. The lowest BCUT2D eigenvalue weighted by molar-refractivity contribution is -0.207. The Balaban J connectivity index is 2.03. The van der Waals surface area contributed by atoms with E-state index in [2.05, 4.69) is 13.5 Å². The van der Waals surface area contributed by atoms with Crippen LogP contribution in [0.3, 0.4) is 0 Å². The second-order valence-electron chi connectivity index (χ2n) is 8.66. The van der Waals surface area contributed by atoms with Crippen molar-refractivity contribution in [1.82, 2.24) is 0 Å². The molecule has 0 spiro atoms. The Morgan fingerprint density at radius 1 is 1.36 bits per heavy atom. The molecule has 1 heterocycles. The van der Waals surface area contributed by atoms with E-state index in [0.29, 0.717) is 18.4 Å². The van der Waals surface area contributed by atoms with Gasteiger partial charge in [-0.3, -0.25) is 0 Å². The molecule has 0 radical (unpaired) electrons. The SMILES string of the molecule is C=C1C(=O)OC2CC3(C)CCCC(C)(O)C3C(OC(=O)C=C(C)C)C12. The molecular formula is C20H28O5. The second-order valence-corrected chi connectivity index (χ2v) is 8.66. The summed E-state index contributed by atoms with van der Waals surface area (Å²) in [7, 11) is 0. The van der Waals surface area contributed by atoms with Crippen LogP contribution in [-0.2, 0) is 19.1 Å². The number of esters is 2. The van der Waals surface area contributed by atoms with Crippen molar-refractivity contribution in [1.29, 1.82) is 0 Å². The lowest BCUT2D eigenvalue weighted by atomic mass is 9.51. The van der Waals surface area contributed by atoms with Gasteiger partial charge in [0.25, 0.3) is 0 Å². The molecule has 0 amide bonds. The first-order valence-electron chi connectivity index (χ1n) is 9.03. The number of hydrogen-bond acceptors (Lipinski definition) is 5. The third-order valence-corrected chi connectivity index (χ3v) is 6.18. The van der Waals surface area contributed by atoms with E-state index in [-0.39, 0.29) is 23.4 Å². The van der Waals surface area contributed by atoms with Crippen molar-refractivity contribution in [2.75, 3.05) is 0 Å². The van der Waals surface area contributed by atoms with Gasteiger partial charge in [-0.05, 0) is 45.4 Å². The van der Waals surface area contributed by atoms with Crippen molar-refractivity contribution in [3.63, 3.8) is 0 Å². The molecule has 6 atom stereocenters. The summed E-state index contributed by atoms with van der Waals surface area (Å²) < 4.78 is 11.4. The van der Waals surface area contributed by atoms with Crippen molar-refractivity contribution in [3.8, 4) is 0 Å². The Morgan fingerprint density at radius 3 is 2.68 bits per heavy atom. The number of allylic oxidation sites excluding steroid dienone is 1. The van der Waals surface area contributed by atoms with Crippen molar-refractivity contribution in [3.05, 3.63) is 23.8 Å². The minimum atomic E-state index is -0.959. The molecule has 1 N–H and O–H groups in total. The zero-order valence-electron chi connectivity index (χ0n) is 15.5. The number of carbonyl (C=O) groups is 2. The van der Waals surface area contributed by atoms with Crippen molar-refractivity contribution >= 4 is 11.9 Å². The molecule has 2 aliphatic carbocycles. The van der Waals surface area contributed by atoms with E-state index in [1.165, 1.54) is 6.08 Å². The lowest BCUT2D eigenvalue weighted by Crippen LogP contribution is -2.61. The first-order chi connectivity index (χ1) is 11.5. The van der Waals surface area contributed by atoms with E-state index < -0.39 is 23.6 Å². The summed E-state index contributed by atoms with van der Waals surface area (Å²) in [4.78, 5) is 24.4. The summed E-state index contributed by atoms with van der Waals surface area (Å²) in [5.41, 5.74) is -0.0136. The fraction of sp³-hybridized carbons (Fsp3) is 0.700. The predicted octanol–water partition coefficient (Wildman–Crippen LogP) is 2.92. The normalized spacial score (nSPS) is 42.9. The molecule has 3 fully saturated rings. The minimum absolute atomic E-state index is 0.246. The molecule has 1 aliphatic heterocycles. The summed E-state index contributed by atoms with van der Waals surface area (Å²) in [6.07, 6.45) is 3.64. The van der Waals surface area contributed by atoms with Gasteiger partial charge in [0, 0.05) is 17.6 Å². The van der Waals surface area contributed by atoms with Gasteiger partial charge in [-0.2, -0.15) is 0 Å². The minimum Gasteiger partial charge on any atom is -0.458 e. The molecule has 0 aromatic rings. The number of ether oxygens (including phenoxy) is 2. The van der Waals surface area contributed by atoms with E-state index in [9.17, 15) is 14.7 Å². The Morgan fingerprint density at radius 2 is 2.04 bits per heavy atom. The summed E-state index contributed by atoms with van der Waals surface area (Å²) >= 11 is 0. The van der Waals surface area contributed by atoms with Crippen LogP contribution in [0, 0.1) is 17.3 Å². The third-order valence-electron chi connectivity index (χ3n) is 6.18. The quantitative estimate of drug-likeness (QED) is 0.613. The topological polar surface area (TPSA) is 72.8 Å². The van der Waals surface area contributed by atoms with Gasteiger partial charge >= 0.3 is 11.9 Å². The van der Waals surface area contributed by atoms with E-state index in [4.69, 9.17) is 9.47 Å². The van der Waals surface area contributed by atoms with Crippen molar-refractivity contribution < 1.29 is 24.2 Å². The van der Waals surface area contributed by atoms with Crippen LogP contribution in [0.15, 0.2) is 23.8 Å². The van der Waals surface area contributed by atoms with Crippen molar-refractivity contribution in [2.24, 2.45) is 17.3 Å². The average Bonchev–Trinajstić information content (AvgIpc) is 2.70. The number of fused-ring (bicyclic) bond motifs is 2. The second kappa shape index (κ2) is 5.97. The maximum absolute atomic E-state index is 12.4. The fourth-order valence-electron chi connectivity index (χ4n) is 5.33. The molecule has 0 aromatic carbocycles. The Labute approximate surface area is 149 Å². The molecule has 5 heteroatoms.